The van der Waals surface area contributed by atoms with Crippen LogP contribution in [0.5, 0.6) is 0 Å². The molecule has 5 nitrogen and oxygen atoms in total. The van der Waals surface area contributed by atoms with E-state index in [0.29, 0.717) is 0 Å². The Kier molecular flexibility index (Phi) is 5.48. The number of hydrogen-bond acceptors (Lipinski definition) is 4. The summed E-state index contributed by atoms with van der Waals surface area (Å²) in [6.07, 6.45) is 0.277. The molecule has 0 radical (unpaired) electrons. The van der Waals surface area contributed by atoms with Gasteiger partial charge in [0.25, 0.3) is 5.91 Å². The van der Waals surface area contributed by atoms with Crippen LogP contribution in [0.2, 0.25) is 0 Å². The van der Waals surface area contributed by atoms with Gasteiger partial charge in [-0.05, 0) is 30.7 Å². The van der Waals surface area contributed by atoms with Crippen molar-refractivity contribution in [3.63, 3.8) is 0 Å². The second-order valence-corrected chi connectivity index (χ2v) is 3.75. The molecule has 1 aromatic carbocycles. The molecule has 100 valence electrons. The lowest BCUT2D eigenvalue weighted by Gasteiger charge is -2.15. The fraction of sp³-hybridized carbons (Fsp3) is 0.308. The molecule has 6 heteroatoms. The van der Waals surface area contributed by atoms with E-state index >= 15 is 0 Å². The zero-order valence-corrected chi connectivity index (χ0v) is 10.4. The Bertz CT molecular complexity index is 494. The predicted octanol–water partition coefficient (Wildman–Crippen LogP) is 1.40. The number of hydrogen-bond donors (Lipinski definition) is 1. The average molecular weight is 264 g/mol. The lowest BCUT2D eigenvalue weighted by Crippen LogP contribution is -2.41. The van der Waals surface area contributed by atoms with E-state index in [1.807, 2.05) is 6.07 Å². The number of nitrogens with zero attached hydrogens (tertiary/aromatic N) is 1. The molecule has 0 saturated carbocycles. The van der Waals surface area contributed by atoms with E-state index in [4.69, 9.17) is 5.26 Å². The second-order valence-electron chi connectivity index (χ2n) is 3.75. The number of nitriles is 1. The van der Waals surface area contributed by atoms with Gasteiger partial charge in [0, 0.05) is 12.0 Å². The molecule has 1 amide bonds. The summed E-state index contributed by atoms with van der Waals surface area (Å²) in [6.45, 7) is 0. The van der Waals surface area contributed by atoms with Crippen LogP contribution in [0.25, 0.3) is 0 Å². The third-order valence-electron chi connectivity index (χ3n) is 2.44. The third-order valence-corrected chi connectivity index (χ3v) is 2.44. The summed E-state index contributed by atoms with van der Waals surface area (Å²) < 4.78 is 17.3. The van der Waals surface area contributed by atoms with Crippen LogP contribution in [0.15, 0.2) is 24.3 Å². The highest BCUT2D eigenvalue weighted by Gasteiger charge is 2.21. The first kappa shape index (κ1) is 14.6. The Morgan fingerprint density at radius 1 is 1.42 bits per heavy atom. The number of methoxy groups -OCH3 is 1. The SMILES string of the molecule is COC(=O)[C@@H](CCC#N)NC(=O)c1ccc(F)cc1. The predicted molar refractivity (Wildman–Crippen MR) is 64.5 cm³/mol. The lowest BCUT2D eigenvalue weighted by molar-refractivity contribution is -0.143. The van der Waals surface area contributed by atoms with Crippen LogP contribution in [0.3, 0.4) is 0 Å². The van der Waals surface area contributed by atoms with Crippen LogP contribution in [-0.2, 0) is 9.53 Å². The molecular weight excluding hydrogens is 251 g/mol. The number of halogens is 1. The number of ether oxygens (including phenoxy) is 1. The number of amides is 1. The number of esters is 1. The fourth-order valence-corrected chi connectivity index (χ4v) is 1.44. The van der Waals surface area contributed by atoms with Crippen molar-refractivity contribution >= 4 is 11.9 Å². The minimum Gasteiger partial charge on any atom is -0.467 e. The van der Waals surface area contributed by atoms with Gasteiger partial charge in [-0.1, -0.05) is 0 Å². The molecule has 1 aromatic rings. The van der Waals surface area contributed by atoms with Gasteiger partial charge < -0.3 is 10.1 Å². The highest BCUT2D eigenvalue weighted by atomic mass is 19.1. The number of carbonyl (C=O) groups is 2. The normalized spacial score (nSPS) is 11.2. The van der Waals surface area contributed by atoms with Crippen molar-refractivity contribution in [3.8, 4) is 6.07 Å². The van der Waals surface area contributed by atoms with Crippen LogP contribution in [0, 0.1) is 17.1 Å². The Balaban J connectivity index is 2.73. The third kappa shape index (κ3) is 4.39. The zero-order chi connectivity index (χ0) is 14.3. The molecule has 0 heterocycles. The summed E-state index contributed by atoms with van der Waals surface area (Å²) in [5.41, 5.74) is 0.229. The Labute approximate surface area is 110 Å². The minimum absolute atomic E-state index is 0.115. The summed E-state index contributed by atoms with van der Waals surface area (Å²) >= 11 is 0. The molecule has 0 aliphatic heterocycles. The molecule has 19 heavy (non-hydrogen) atoms. The van der Waals surface area contributed by atoms with E-state index in [1.165, 1.54) is 19.2 Å². The van der Waals surface area contributed by atoms with Gasteiger partial charge >= 0.3 is 5.97 Å². The summed E-state index contributed by atoms with van der Waals surface area (Å²) in [7, 11) is 1.20. The molecule has 0 fully saturated rings. The standard InChI is InChI=1S/C13H13FN2O3/c1-19-13(18)11(3-2-8-15)16-12(17)9-4-6-10(14)7-5-9/h4-7,11H,2-3H2,1H3,(H,16,17)/t11-/m1/s1. The van der Waals surface area contributed by atoms with Crippen LogP contribution in [-0.4, -0.2) is 25.0 Å². The molecule has 0 bridgehead atoms. The van der Waals surface area contributed by atoms with Crippen molar-refractivity contribution in [2.75, 3.05) is 7.11 Å². The van der Waals surface area contributed by atoms with E-state index in [9.17, 15) is 14.0 Å². The minimum atomic E-state index is -0.887. The van der Waals surface area contributed by atoms with E-state index in [1.54, 1.807) is 0 Å². The van der Waals surface area contributed by atoms with E-state index < -0.39 is 23.7 Å². The summed E-state index contributed by atoms with van der Waals surface area (Å²) in [4.78, 5) is 23.3. The van der Waals surface area contributed by atoms with Crippen molar-refractivity contribution in [1.29, 1.82) is 5.26 Å². The van der Waals surface area contributed by atoms with E-state index in [-0.39, 0.29) is 18.4 Å². The quantitative estimate of drug-likeness (QED) is 0.815. The van der Waals surface area contributed by atoms with Gasteiger partial charge in [-0.3, -0.25) is 4.79 Å². The molecular formula is C13H13FN2O3. The maximum absolute atomic E-state index is 12.7. The summed E-state index contributed by atoms with van der Waals surface area (Å²) in [6, 6.07) is 5.92. The van der Waals surface area contributed by atoms with Gasteiger partial charge in [0.15, 0.2) is 0 Å². The van der Waals surface area contributed by atoms with Crippen LogP contribution >= 0.6 is 0 Å². The summed E-state index contributed by atoms with van der Waals surface area (Å²) in [5.74, 6) is -1.59. The fourth-order valence-electron chi connectivity index (χ4n) is 1.44. The molecule has 0 saturated heterocycles. The van der Waals surface area contributed by atoms with Crippen LogP contribution in [0.4, 0.5) is 4.39 Å². The first-order valence-corrected chi connectivity index (χ1v) is 5.59. The van der Waals surface area contributed by atoms with Crippen molar-refractivity contribution in [1.82, 2.24) is 5.32 Å². The molecule has 1 atom stereocenters. The average Bonchev–Trinajstić information content (AvgIpc) is 2.43. The van der Waals surface area contributed by atoms with Gasteiger partial charge in [0.2, 0.25) is 0 Å². The first-order chi connectivity index (χ1) is 9.08. The molecule has 0 aliphatic rings. The topological polar surface area (TPSA) is 79.2 Å². The molecule has 0 aliphatic carbocycles. The molecule has 0 spiro atoms. The van der Waals surface area contributed by atoms with Crippen LogP contribution in [0.1, 0.15) is 23.2 Å². The zero-order valence-electron chi connectivity index (χ0n) is 10.4. The van der Waals surface area contributed by atoms with Crippen molar-refractivity contribution in [2.24, 2.45) is 0 Å². The summed E-state index contributed by atoms with van der Waals surface area (Å²) in [5, 5.41) is 10.9. The van der Waals surface area contributed by atoms with E-state index in [2.05, 4.69) is 10.1 Å². The number of nitrogens with one attached hydrogen (secondary N) is 1. The highest BCUT2D eigenvalue weighted by molar-refractivity contribution is 5.96. The maximum Gasteiger partial charge on any atom is 0.328 e. The van der Waals surface area contributed by atoms with Gasteiger partial charge in [-0.15, -0.1) is 0 Å². The largest absolute Gasteiger partial charge is 0.467 e. The monoisotopic (exact) mass is 264 g/mol. The second kappa shape index (κ2) is 7.11. The Morgan fingerprint density at radius 2 is 2.05 bits per heavy atom. The number of carbonyl (C=O) groups excluding carboxylic acids is 2. The van der Waals surface area contributed by atoms with Gasteiger partial charge in [-0.2, -0.15) is 5.26 Å². The Hall–Kier alpha value is -2.42. The highest BCUT2D eigenvalue weighted by Crippen LogP contribution is 2.05. The van der Waals surface area contributed by atoms with E-state index in [0.717, 1.165) is 12.1 Å². The van der Waals surface area contributed by atoms with Crippen molar-refractivity contribution in [2.45, 2.75) is 18.9 Å². The first-order valence-electron chi connectivity index (χ1n) is 5.59. The molecule has 0 aromatic heterocycles. The van der Waals surface area contributed by atoms with Gasteiger partial charge in [0.1, 0.15) is 11.9 Å². The number of rotatable bonds is 5. The van der Waals surface area contributed by atoms with Gasteiger partial charge in [0.05, 0.1) is 13.2 Å². The van der Waals surface area contributed by atoms with Crippen molar-refractivity contribution < 1.29 is 18.7 Å². The molecule has 1 rings (SSSR count). The van der Waals surface area contributed by atoms with Crippen molar-refractivity contribution in [3.05, 3.63) is 35.6 Å². The lowest BCUT2D eigenvalue weighted by atomic mass is 10.1. The molecule has 0 unspecified atom stereocenters. The molecule has 1 N–H and O–H groups in total. The maximum atomic E-state index is 12.7. The van der Waals surface area contributed by atoms with Gasteiger partial charge in [-0.25, -0.2) is 9.18 Å². The Morgan fingerprint density at radius 3 is 2.58 bits per heavy atom. The smallest absolute Gasteiger partial charge is 0.328 e. The number of benzene rings is 1. The van der Waals surface area contributed by atoms with Crippen LogP contribution < -0.4 is 5.32 Å².